The molecule has 0 bridgehead atoms. The van der Waals surface area contributed by atoms with Gasteiger partial charge in [0.1, 0.15) is 18.3 Å². The number of nitroso groups, excluding NO2 is 1. The first-order valence-corrected chi connectivity index (χ1v) is 12.5. The van der Waals surface area contributed by atoms with Crippen molar-refractivity contribution in [2.45, 2.75) is 97.0 Å². The summed E-state index contributed by atoms with van der Waals surface area (Å²) in [6, 6.07) is 0. The fraction of sp³-hybridized carbons (Fsp3) is 0.741. The molecule has 0 aromatic heterocycles. The van der Waals surface area contributed by atoms with Gasteiger partial charge in [-0.3, -0.25) is 14.4 Å². The highest BCUT2D eigenvalue weighted by Gasteiger charge is 2.70. The molecule has 4 aliphatic rings. The molecular weight excluding hydrogens is 450 g/mol. The molecule has 4 unspecified atom stereocenters. The molecule has 0 radical (unpaired) electrons. The smallest absolute Gasteiger partial charge is 0.303 e. The van der Waals surface area contributed by atoms with E-state index in [2.05, 4.69) is 18.0 Å². The van der Waals surface area contributed by atoms with Crippen LogP contribution in [0.1, 0.15) is 73.1 Å². The zero-order valence-electron chi connectivity index (χ0n) is 21.2. The zero-order valence-corrected chi connectivity index (χ0v) is 21.2. The Kier molecular flexibility index (Phi) is 6.36. The standard InChI is InChI=1S/C27H35NO7/c1-7-27(28-32)11-9-20-23-21(34-16(3)30)13-18-12-19(33-15(2)29)8-10-25(18,5)24(23)22(35-17(4)31)14-26(20,27)6/h1,13,19-24H,8-12,14H2,2-6H3/t19-,20-,21-,22+,23+,24?,25?,26?,27?/m0/s1. The van der Waals surface area contributed by atoms with Gasteiger partial charge in [0.15, 0.2) is 5.54 Å². The molecule has 0 N–H and O–H groups in total. The summed E-state index contributed by atoms with van der Waals surface area (Å²) in [4.78, 5) is 48.2. The van der Waals surface area contributed by atoms with E-state index >= 15 is 0 Å². The average Bonchev–Trinajstić information content (AvgIpc) is 3.05. The lowest BCUT2D eigenvalue weighted by molar-refractivity contribution is -0.191. The van der Waals surface area contributed by atoms with Crippen LogP contribution in [0.5, 0.6) is 0 Å². The molecule has 190 valence electrons. The van der Waals surface area contributed by atoms with Crippen molar-refractivity contribution in [3.8, 4) is 12.3 Å². The molecular formula is C27H35NO7. The van der Waals surface area contributed by atoms with Crippen molar-refractivity contribution < 1.29 is 28.6 Å². The molecule has 0 heterocycles. The van der Waals surface area contributed by atoms with Crippen LogP contribution in [0.4, 0.5) is 0 Å². The minimum atomic E-state index is -1.21. The van der Waals surface area contributed by atoms with E-state index in [1.54, 1.807) is 0 Å². The summed E-state index contributed by atoms with van der Waals surface area (Å²) in [5, 5.41) is 3.47. The Balaban J connectivity index is 1.86. The number of hydrogen-bond acceptors (Lipinski definition) is 8. The number of carbonyl (C=O) groups excluding carboxylic acids is 3. The molecule has 3 saturated carbocycles. The predicted octanol–water partition coefficient (Wildman–Crippen LogP) is 4.10. The van der Waals surface area contributed by atoms with Gasteiger partial charge in [-0.2, -0.15) is 0 Å². The van der Waals surface area contributed by atoms with Crippen molar-refractivity contribution in [3.63, 3.8) is 0 Å². The molecule has 8 nitrogen and oxygen atoms in total. The predicted molar refractivity (Wildman–Crippen MR) is 126 cm³/mol. The Bertz CT molecular complexity index is 1010. The van der Waals surface area contributed by atoms with Gasteiger partial charge < -0.3 is 14.2 Å². The molecule has 4 rings (SSSR count). The highest BCUT2D eigenvalue weighted by molar-refractivity contribution is 5.67. The second-order valence-electron chi connectivity index (χ2n) is 11.3. The van der Waals surface area contributed by atoms with Crippen LogP contribution in [0.25, 0.3) is 0 Å². The molecule has 9 atom stereocenters. The van der Waals surface area contributed by atoms with Crippen LogP contribution >= 0.6 is 0 Å². The number of fused-ring (bicyclic) bond motifs is 5. The SMILES string of the molecule is C#CC1(N=O)CC[C@H]2[C@H]3C([C@H](OC(C)=O)CC21C)C1(C)CC[C@H](OC(C)=O)CC1=C[C@@H]3OC(C)=O. The molecule has 0 aromatic carbocycles. The van der Waals surface area contributed by atoms with Gasteiger partial charge in [0.05, 0.1) is 0 Å². The fourth-order valence-electron chi connectivity index (χ4n) is 8.06. The van der Waals surface area contributed by atoms with E-state index in [4.69, 9.17) is 20.6 Å². The molecule has 0 saturated heterocycles. The van der Waals surface area contributed by atoms with E-state index in [1.165, 1.54) is 20.8 Å². The van der Waals surface area contributed by atoms with Gasteiger partial charge in [-0.15, -0.1) is 11.3 Å². The van der Waals surface area contributed by atoms with Crippen LogP contribution in [0.2, 0.25) is 0 Å². The van der Waals surface area contributed by atoms with Gasteiger partial charge in [-0.05, 0) is 54.7 Å². The number of nitrogens with zero attached hydrogens (tertiary/aromatic N) is 1. The summed E-state index contributed by atoms with van der Waals surface area (Å²) >= 11 is 0. The van der Waals surface area contributed by atoms with E-state index in [-0.39, 0.29) is 35.2 Å². The van der Waals surface area contributed by atoms with E-state index in [1.807, 2.05) is 13.0 Å². The molecule has 0 spiro atoms. The lowest BCUT2D eigenvalue weighted by atomic mass is 9.45. The van der Waals surface area contributed by atoms with Gasteiger partial charge in [0.25, 0.3) is 0 Å². The van der Waals surface area contributed by atoms with Crippen LogP contribution in [0.15, 0.2) is 16.8 Å². The van der Waals surface area contributed by atoms with Crippen molar-refractivity contribution >= 4 is 17.9 Å². The van der Waals surface area contributed by atoms with Crippen molar-refractivity contribution in [1.29, 1.82) is 0 Å². The third-order valence-electron chi connectivity index (χ3n) is 9.48. The Labute approximate surface area is 206 Å². The summed E-state index contributed by atoms with van der Waals surface area (Å²) in [6.07, 6.45) is 10.1. The van der Waals surface area contributed by atoms with Crippen molar-refractivity contribution in [2.24, 2.45) is 33.8 Å². The Morgan fingerprint density at radius 1 is 1.03 bits per heavy atom. The number of ether oxygens (including phenoxy) is 3. The average molecular weight is 486 g/mol. The van der Waals surface area contributed by atoms with Gasteiger partial charge in [0, 0.05) is 44.4 Å². The Hall–Kier alpha value is -2.69. The van der Waals surface area contributed by atoms with Crippen LogP contribution < -0.4 is 0 Å². The largest absolute Gasteiger partial charge is 0.462 e. The normalized spacial score (nSPS) is 43.8. The van der Waals surface area contributed by atoms with Crippen LogP contribution in [0, 0.1) is 45.8 Å². The lowest BCUT2D eigenvalue weighted by Gasteiger charge is -2.61. The zero-order chi connectivity index (χ0) is 25.8. The van der Waals surface area contributed by atoms with Gasteiger partial charge in [-0.25, -0.2) is 0 Å². The molecule has 3 fully saturated rings. The van der Waals surface area contributed by atoms with E-state index < -0.39 is 35.1 Å². The first-order valence-electron chi connectivity index (χ1n) is 12.5. The molecule has 4 aliphatic carbocycles. The third-order valence-corrected chi connectivity index (χ3v) is 9.48. The van der Waals surface area contributed by atoms with Crippen LogP contribution in [0.3, 0.4) is 0 Å². The van der Waals surface area contributed by atoms with E-state index in [0.717, 1.165) is 12.0 Å². The molecule has 0 amide bonds. The summed E-state index contributed by atoms with van der Waals surface area (Å²) in [5.41, 5.74) is -1.22. The second kappa shape index (κ2) is 8.76. The molecule has 0 aromatic rings. The van der Waals surface area contributed by atoms with E-state index in [9.17, 15) is 19.3 Å². The number of rotatable bonds is 4. The Morgan fingerprint density at radius 3 is 2.26 bits per heavy atom. The van der Waals surface area contributed by atoms with Crippen molar-refractivity contribution in [3.05, 3.63) is 16.6 Å². The first kappa shape index (κ1) is 25.4. The monoisotopic (exact) mass is 485 g/mol. The van der Waals surface area contributed by atoms with Crippen molar-refractivity contribution in [1.82, 2.24) is 0 Å². The molecule has 35 heavy (non-hydrogen) atoms. The maximum absolute atomic E-state index is 12.3. The van der Waals surface area contributed by atoms with Gasteiger partial charge in [0.2, 0.25) is 0 Å². The maximum Gasteiger partial charge on any atom is 0.303 e. The fourth-order valence-corrected chi connectivity index (χ4v) is 8.06. The Morgan fingerprint density at radius 2 is 1.69 bits per heavy atom. The van der Waals surface area contributed by atoms with Crippen LogP contribution in [-0.4, -0.2) is 41.8 Å². The minimum Gasteiger partial charge on any atom is -0.462 e. The van der Waals surface area contributed by atoms with Gasteiger partial charge in [-0.1, -0.05) is 25.3 Å². The molecule has 8 heteroatoms. The summed E-state index contributed by atoms with van der Waals surface area (Å²) in [7, 11) is 0. The van der Waals surface area contributed by atoms with Crippen molar-refractivity contribution in [2.75, 3.05) is 0 Å². The number of hydrogen-bond donors (Lipinski definition) is 0. The number of carbonyl (C=O) groups is 3. The first-order chi connectivity index (χ1) is 16.4. The highest BCUT2D eigenvalue weighted by Crippen LogP contribution is 2.68. The summed E-state index contributed by atoms with van der Waals surface area (Å²) in [6.45, 7) is 8.31. The summed E-state index contributed by atoms with van der Waals surface area (Å²) < 4.78 is 17.4. The second-order valence-corrected chi connectivity index (χ2v) is 11.3. The lowest BCUT2D eigenvalue weighted by Crippen LogP contribution is -2.63. The molecule has 0 aliphatic heterocycles. The highest BCUT2D eigenvalue weighted by atomic mass is 16.6. The number of terminal acetylenes is 1. The topological polar surface area (TPSA) is 108 Å². The number of esters is 3. The third kappa shape index (κ3) is 3.88. The van der Waals surface area contributed by atoms with Gasteiger partial charge >= 0.3 is 17.9 Å². The maximum atomic E-state index is 12.3. The summed E-state index contributed by atoms with van der Waals surface area (Å²) in [5.74, 6) is 1.16. The quantitative estimate of drug-likeness (QED) is 0.194. The van der Waals surface area contributed by atoms with E-state index in [0.29, 0.717) is 32.1 Å². The van der Waals surface area contributed by atoms with Crippen LogP contribution in [-0.2, 0) is 28.6 Å². The minimum absolute atomic E-state index is 0.0433.